The molecule has 0 unspecified atom stereocenters. The lowest BCUT2D eigenvalue weighted by Gasteiger charge is -2.01. The van der Waals surface area contributed by atoms with Gasteiger partial charge in [-0.1, -0.05) is 35.9 Å². The molecule has 0 bridgehead atoms. The van der Waals surface area contributed by atoms with Crippen LogP contribution in [0.2, 0.25) is 5.02 Å². The van der Waals surface area contributed by atoms with Gasteiger partial charge >= 0.3 is 0 Å². The molecule has 3 rings (SSSR count). The van der Waals surface area contributed by atoms with Crippen LogP contribution < -0.4 is 11.6 Å². The molecule has 5 nitrogen and oxygen atoms in total. The first-order chi connectivity index (χ1) is 9.69. The molecule has 6 heteroatoms. The summed E-state index contributed by atoms with van der Waals surface area (Å²) in [5, 5.41) is 4.11. The number of benzene rings is 2. The van der Waals surface area contributed by atoms with Crippen molar-refractivity contribution in [2.75, 3.05) is 0 Å². The van der Waals surface area contributed by atoms with E-state index in [1.807, 2.05) is 42.5 Å². The van der Waals surface area contributed by atoms with Gasteiger partial charge < -0.3 is 16.6 Å². The summed E-state index contributed by atoms with van der Waals surface area (Å²) < 4.78 is 0. The van der Waals surface area contributed by atoms with Crippen molar-refractivity contribution in [3.63, 3.8) is 0 Å². The summed E-state index contributed by atoms with van der Waals surface area (Å²) in [6.07, 6.45) is 0. The predicted octanol–water partition coefficient (Wildman–Crippen LogP) is 2.46. The molecule has 0 aliphatic carbocycles. The Bertz CT molecular complexity index is 806. The lowest BCUT2D eigenvalue weighted by atomic mass is 10.1. The highest BCUT2D eigenvalue weighted by molar-refractivity contribution is 6.35. The summed E-state index contributed by atoms with van der Waals surface area (Å²) >= 11 is 6.12. The maximum absolute atomic E-state index is 6.12. The topological polar surface area (TPSA) is 93.1 Å². The van der Waals surface area contributed by atoms with Crippen LogP contribution in [0.4, 0.5) is 0 Å². The fraction of sp³-hybridized carbons (Fsp3) is 0. The summed E-state index contributed by atoms with van der Waals surface area (Å²) in [6, 6.07) is 13.1. The van der Waals surface area contributed by atoms with Gasteiger partial charge in [-0.25, -0.2) is 4.98 Å². The minimum absolute atomic E-state index is 0.279. The fourth-order valence-corrected chi connectivity index (χ4v) is 2.25. The number of H-pyrrole nitrogens is 1. The van der Waals surface area contributed by atoms with Gasteiger partial charge in [-0.2, -0.15) is 5.10 Å². The quantitative estimate of drug-likeness (QED) is 0.292. The molecule has 0 radical (unpaired) electrons. The summed E-state index contributed by atoms with van der Waals surface area (Å²) in [7, 11) is 0. The standard InChI is InChI=1S/C14H12ClN5/c15-10-5-2-6-11-12(10)19-14(18-11)9-4-1-3-8(7-9)13(16)20-17/h1-7H,17H2,(H2,16,20)(H,18,19). The Morgan fingerprint density at radius 1 is 1.20 bits per heavy atom. The van der Waals surface area contributed by atoms with E-state index in [0.717, 1.165) is 28.0 Å². The maximum atomic E-state index is 6.12. The van der Waals surface area contributed by atoms with E-state index in [1.165, 1.54) is 0 Å². The Morgan fingerprint density at radius 3 is 2.75 bits per heavy atom. The number of nitrogens with zero attached hydrogens (tertiary/aromatic N) is 2. The highest BCUT2D eigenvalue weighted by atomic mass is 35.5. The number of halogens is 1. The van der Waals surface area contributed by atoms with Gasteiger partial charge in [-0.3, -0.25) is 0 Å². The summed E-state index contributed by atoms with van der Waals surface area (Å²) in [6.45, 7) is 0. The molecule has 0 fully saturated rings. The molecular weight excluding hydrogens is 274 g/mol. The lowest BCUT2D eigenvalue weighted by molar-refractivity contribution is 1.23. The van der Waals surface area contributed by atoms with Crippen LogP contribution in [-0.4, -0.2) is 15.8 Å². The fourth-order valence-electron chi connectivity index (χ4n) is 2.03. The third-order valence-electron chi connectivity index (χ3n) is 3.03. The Morgan fingerprint density at radius 2 is 2.00 bits per heavy atom. The average Bonchev–Trinajstić information content (AvgIpc) is 2.92. The molecule has 0 aliphatic rings. The zero-order valence-electron chi connectivity index (χ0n) is 10.5. The van der Waals surface area contributed by atoms with Crippen LogP contribution in [0.25, 0.3) is 22.4 Å². The Labute approximate surface area is 120 Å². The van der Waals surface area contributed by atoms with E-state index in [4.69, 9.17) is 23.2 Å². The average molecular weight is 286 g/mol. The molecule has 0 saturated carbocycles. The number of imidazole rings is 1. The van der Waals surface area contributed by atoms with Gasteiger partial charge in [-0.15, -0.1) is 0 Å². The van der Waals surface area contributed by atoms with Crippen LogP contribution in [-0.2, 0) is 0 Å². The molecule has 0 atom stereocenters. The van der Waals surface area contributed by atoms with Crippen molar-refractivity contribution in [2.24, 2.45) is 16.7 Å². The number of hydrazone groups is 1. The first-order valence-electron chi connectivity index (χ1n) is 5.97. The van der Waals surface area contributed by atoms with Crippen molar-refractivity contribution in [3.8, 4) is 11.4 Å². The molecule has 0 amide bonds. The van der Waals surface area contributed by atoms with Gasteiger partial charge in [0.15, 0.2) is 0 Å². The molecule has 1 aromatic heterocycles. The van der Waals surface area contributed by atoms with E-state index in [1.54, 1.807) is 0 Å². The van der Waals surface area contributed by atoms with Gasteiger partial charge in [0.1, 0.15) is 17.2 Å². The number of amidine groups is 1. The first kappa shape index (κ1) is 12.5. The number of hydrogen-bond acceptors (Lipinski definition) is 3. The molecule has 20 heavy (non-hydrogen) atoms. The smallest absolute Gasteiger partial charge is 0.150 e. The van der Waals surface area contributed by atoms with Crippen molar-refractivity contribution in [1.29, 1.82) is 0 Å². The number of fused-ring (bicyclic) bond motifs is 1. The van der Waals surface area contributed by atoms with E-state index in [2.05, 4.69) is 15.1 Å². The van der Waals surface area contributed by atoms with E-state index in [-0.39, 0.29) is 5.84 Å². The van der Waals surface area contributed by atoms with Gasteiger partial charge in [-0.05, 0) is 18.2 Å². The maximum Gasteiger partial charge on any atom is 0.150 e. The monoisotopic (exact) mass is 285 g/mol. The molecule has 3 aromatic rings. The summed E-state index contributed by atoms with van der Waals surface area (Å²) in [5.41, 5.74) is 8.98. The van der Waals surface area contributed by atoms with Crippen molar-refractivity contribution >= 4 is 28.5 Å². The van der Waals surface area contributed by atoms with E-state index >= 15 is 0 Å². The highest BCUT2D eigenvalue weighted by Gasteiger charge is 2.09. The van der Waals surface area contributed by atoms with E-state index < -0.39 is 0 Å². The Hall–Kier alpha value is -2.53. The minimum atomic E-state index is 0.279. The van der Waals surface area contributed by atoms with Crippen LogP contribution in [0.5, 0.6) is 0 Å². The SMILES string of the molecule is N/N=C(\N)c1cccc(-c2nc3c(Cl)cccc3[nH]2)c1. The Balaban J connectivity index is 2.13. The van der Waals surface area contributed by atoms with Crippen LogP contribution in [0.3, 0.4) is 0 Å². The van der Waals surface area contributed by atoms with Crippen LogP contribution in [0.1, 0.15) is 5.56 Å². The third-order valence-corrected chi connectivity index (χ3v) is 3.34. The molecule has 1 heterocycles. The number of rotatable bonds is 2. The van der Waals surface area contributed by atoms with Crippen LogP contribution >= 0.6 is 11.6 Å². The number of aromatic amines is 1. The van der Waals surface area contributed by atoms with Crippen molar-refractivity contribution in [2.45, 2.75) is 0 Å². The van der Waals surface area contributed by atoms with Crippen molar-refractivity contribution < 1.29 is 0 Å². The summed E-state index contributed by atoms with van der Waals surface area (Å²) in [4.78, 5) is 7.74. The molecule has 2 aromatic carbocycles. The highest BCUT2D eigenvalue weighted by Crippen LogP contribution is 2.25. The zero-order valence-corrected chi connectivity index (χ0v) is 11.2. The number of nitrogens with one attached hydrogen (secondary N) is 1. The van der Waals surface area contributed by atoms with Gasteiger partial charge in [0.25, 0.3) is 0 Å². The number of nitrogens with two attached hydrogens (primary N) is 2. The zero-order chi connectivity index (χ0) is 14.1. The first-order valence-corrected chi connectivity index (χ1v) is 6.35. The minimum Gasteiger partial charge on any atom is -0.382 e. The molecule has 0 spiro atoms. The molecule has 100 valence electrons. The largest absolute Gasteiger partial charge is 0.382 e. The van der Waals surface area contributed by atoms with Crippen molar-refractivity contribution in [3.05, 3.63) is 53.1 Å². The van der Waals surface area contributed by atoms with Gasteiger partial charge in [0.2, 0.25) is 0 Å². The Kier molecular flexibility index (Phi) is 3.04. The predicted molar refractivity (Wildman–Crippen MR) is 81.5 cm³/mol. The van der Waals surface area contributed by atoms with Gasteiger partial charge in [0, 0.05) is 11.1 Å². The second kappa shape index (κ2) is 4.86. The van der Waals surface area contributed by atoms with Crippen LogP contribution in [0.15, 0.2) is 47.6 Å². The normalized spacial score (nSPS) is 11.9. The number of para-hydroxylation sites is 1. The molecule has 5 N–H and O–H groups in total. The van der Waals surface area contributed by atoms with E-state index in [9.17, 15) is 0 Å². The van der Waals surface area contributed by atoms with Crippen LogP contribution in [0, 0.1) is 0 Å². The molecule has 0 saturated heterocycles. The van der Waals surface area contributed by atoms with E-state index in [0.29, 0.717) is 5.02 Å². The summed E-state index contributed by atoms with van der Waals surface area (Å²) in [5.74, 6) is 6.20. The van der Waals surface area contributed by atoms with Gasteiger partial charge in [0.05, 0.1) is 10.5 Å². The third kappa shape index (κ3) is 2.08. The number of hydrogen-bond donors (Lipinski definition) is 3. The van der Waals surface area contributed by atoms with Crippen molar-refractivity contribution in [1.82, 2.24) is 9.97 Å². The second-order valence-corrected chi connectivity index (χ2v) is 4.72. The lowest BCUT2D eigenvalue weighted by Crippen LogP contribution is -2.15. The number of aromatic nitrogens is 2. The second-order valence-electron chi connectivity index (χ2n) is 4.32. The molecular formula is C14H12ClN5. The molecule has 0 aliphatic heterocycles.